The highest BCUT2D eigenvalue weighted by atomic mass is 35.5. The summed E-state index contributed by atoms with van der Waals surface area (Å²) in [6.07, 6.45) is 2.96. The van der Waals surface area contributed by atoms with E-state index >= 15 is 0 Å². The average Bonchev–Trinajstić information content (AvgIpc) is 2.80. The molecule has 3 aromatic rings. The van der Waals surface area contributed by atoms with Crippen LogP contribution in [0.3, 0.4) is 0 Å². The SMILES string of the molecule is [CH2]C(Nc1ccc([N+](=O)[O-])cn1)c1ncc(CN2CCOCC2)c(-c2ccc(Cl)cc2Cl)n1. The number of ether oxygens (including phenoxy) is 1. The molecule has 1 N–H and O–H groups in total. The highest BCUT2D eigenvalue weighted by Crippen LogP contribution is 2.32. The molecule has 9 nitrogen and oxygen atoms in total. The van der Waals surface area contributed by atoms with Crippen molar-refractivity contribution in [3.63, 3.8) is 0 Å². The van der Waals surface area contributed by atoms with Gasteiger partial charge in [0, 0.05) is 48.0 Å². The third kappa shape index (κ3) is 5.75. The van der Waals surface area contributed by atoms with Crippen LogP contribution in [-0.2, 0) is 11.3 Å². The minimum absolute atomic E-state index is 0.0930. The van der Waals surface area contributed by atoms with E-state index in [0.29, 0.717) is 47.1 Å². The molecule has 171 valence electrons. The monoisotopic (exact) mass is 487 g/mol. The van der Waals surface area contributed by atoms with Crippen molar-refractivity contribution in [3.8, 4) is 11.3 Å². The van der Waals surface area contributed by atoms with Crippen LogP contribution in [0.1, 0.15) is 17.4 Å². The van der Waals surface area contributed by atoms with E-state index in [0.717, 1.165) is 24.2 Å². The Kier molecular flexibility index (Phi) is 7.34. The fraction of sp³-hybridized carbons (Fsp3) is 0.273. The number of nitrogens with one attached hydrogen (secondary N) is 1. The molecule has 0 aliphatic carbocycles. The molecule has 4 rings (SSSR count). The van der Waals surface area contributed by atoms with Crippen molar-refractivity contribution < 1.29 is 9.66 Å². The van der Waals surface area contributed by atoms with Crippen molar-refractivity contribution in [1.82, 2.24) is 19.9 Å². The number of rotatable bonds is 7. The number of halogens is 2. The van der Waals surface area contributed by atoms with Crippen LogP contribution in [0.15, 0.2) is 42.7 Å². The van der Waals surface area contributed by atoms with Gasteiger partial charge < -0.3 is 10.1 Å². The number of hydrogen-bond donors (Lipinski definition) is 1. The number of nitrogens with zero attached hydrogens (tertiary/aromatic N) is 5. The fourth-order valence-corrected chi connectivity index (χ4v) is 3.94. The lowest BCUT2D eigenvalue weighted by Gasteiger charge is -2.27. The van der Waals surface area contributed by atoms with E-state index in [9.17, 15) is 10.1 Å². The zero-order chi connectivity index (χ0) is 23.4. The predicted octanol–water partition coefficient (Wildman–Crippen LogP) is 4.57. The molecule has 0 amide bonds. The number of nitro groups is 1. The number of hydrogen-bond acceptors (Lipinski definition) is 8. The van der Waals surface area contributed by atoms with Gasteiger partial charge in [-0.1, -0.05) is 23.2 Å². The molecule has 1 unspecified atom stereocenters. The van der Waals surface area contributed by atoms with Gasteiger partial charge in [0.25, 0.3) is 5.69 Å². The van der Waals surface area contributed by atoms with Crippen LogP contribution in [0, 0.1) is 17.0 Å². The quantitative estimate of drug-likeness (QED) is 0.381. The van der Waals surface area contributed by atoms with Crippen LogP contribution >= 0.6 is 23.2 Å². The van der Waals surface area contributed by atoms with Gasteiger partial charge in [0.1, 0.15) is 12.0 Å². The third-order valence-corrected chi connectivity index (χ3v) is 5.71. The van der Waals surface area contributed by atoms with Gasteiger partial charge in [-0.05, 0) is 31.2 Å². The van der Waals surface area contributed by atoms with Gasteiger partial charge in [-0.15, -0.1) is 0 Å². The Morgan fingerprint density at radius 3 is 2.64 bits per heavy atom. The summed E-state index contributed by atoms with van der Waals surface area (Å²) in [5.74, 6) is 0.856. The molecule has 0 bridgehead atoms. The first kappa shape index (κ1) is 23.3. The standard InChI is InChI=1S/C22H21Cl2N6O3/c1-14(27-20-5-3-17(12-25-20)30(31)32)22-26-11-15(13-29-6-8-33-9-7-29)21(28-22)18-4-2-16(23)10-19(18)24/h2-5,10-12,14H,1,6-9,13H2,(H,25,27). The van der Waals surface area contributed by atoms with E-state index < -0.39 is 11.0 Å². The summed E-state index contributed by atoms with van der Waals surface area (Å²) in [5.41, 5.74) is 2.27. The fourth-order valence-electron chi connectivity index (χ4n) is 3.44. The Balaban J connectivity index is 1.63. The zero-order valence-electron chi connectivity index (χ0n) is 17.6. The molecule has 1 saturated heterocycles. The smallest absolute Gasteiger partial charge is 0.287 e. The Labute approximate surface area is 200 Å². The van der Waals surface area contributed by atoms with Gasteiger partial charge >= 0.3 is 0 Å². The van der Waals surface area contributed by atoms with E-state index in [2.05, 4.69) is 27.1 Å². The predicted molar refractivity (Wildman–Crippen MR) is 126 cm³/mol. The van der Waals surface area contributed by atoms with Crippen molar-refractivity contribution in [2.45, 2.75) is 12.6 Å². The molecule has 11 heteroatoms. The molecule has 3 heterocycles. The lowest BCUT2D eigenvalue weighted by molar-refractivity contribution is -0.385. The average molecular weight is 488 g/mol. The molecule has 0 saturated carbocycles. The van der Waals surface area contributed by atoms with Gasteiger partial charge in [0.05, 0.1) is 34.9 Å². The van der Waals surface area contributed by atoms with Crippen LogP contribution in [0.2, 0.25) is 10.0 Å². The van der Waals surface area contributed by atoms with Crippen LogP contribution in [0.4, 0.5) is 11.5 Å². The molecule has 33 heavy (non-hydrogen) atoms. The largest absolute Gasteiger partial charge is 0.379 e. The first-order valence-corrected chi connectivity index (χ1v) is 11.0. The van der Waals surface area contributed by atoms with Gasteiger partial charge in [-0.2, -0.15) is 0 Å². The third-order valence-electron chi connectivity index (χ3n) is 5.16. The highest BCUT2D eigenvalue weighted by molar-refractivity contribution is 6.36. The topological polar surface area (TPSA) is 106 Å². The van der Waals surface area contributed by atoms with Crippen molar-refractivity contribution in [2.75, 3.05) is 31.6 Å². The summed E-state index contributed by atoms with van der Waals surface area (Å²) in [6, 6.07) is 7.61. The summed E-state index contributed by atoms with van der Waals surface area (Å²) in [7, 11) is 0. The van der Waals surface area contributed by atoms with Gasteiger partial charge in [-0.25, -0.2) is 15.0 Å². The lowest BCUT2D eigenvalue weighted by atomic mass is 10.1. The van der Waals surface area contributed by atoms with Crippen LogP contribution in [0.25, 0.3) is 11.3 Å². The van der Waals surface area contributed by atoms with E-state index in [4.69, 9.17) is 32.9 Å². The van der Waals surface area contributed by atoms with Crippen LogP contribution < -0.4 is 5.32 Å². The second-order valence-corrected chi connectivity index (χ2v) is 8.31. The number of pyridine rings is 1. The molecule has 2 aromatic heterocycles. The minimum Gasteiger partial charge on any atom is -0.379 e. The maximum atomic E-state index is 10.8. The normalized spacial score (nSPS) is 15.2. The molecule has 1 radical (unpaired) electrons. The van der Waals surface area contributed by atoms with Crippen LogP contribution in [-0.4, -0.2) is 51.1 Å². The maximum Gasteiger partial charge on any atom is 0.287 e. The van der Waals surface area contributed by atoms with E-state index in [-0.39, 0.29) is 5.69 Å². The molecule has 1 aliphatic heterocycles. The summed E-state index contributed by atoms with van der Waals surface area (Å²) < 4.78 is 5.44. The number of aromatic nitrogens is 3. The molecule has 0 spiro atoms. The van der Waals surface area contributed by atoms with Gasteiger partial charge in [0.15, 0.2) is 5.82 Å². The molecular formula is C22H21Cl2N6O3. The van der Waals surface area contributed by atoms with Gasteiger partial charge in [-0.3, -0.25) is 15.0 Å². The Bertz CT molecular complexity index is 1140. The lowest BCUT2D eigenvalue weighted by Crippen LogP contribution is -2.35. The second kappa shape index (κ2) is 10.4. The van der Waals surface area contributed by atoms with Crippen LogP contribution in [0.5, 0.6) is 0 Å². The molecule has 1 atom stereocenters. The summed E-state index contributed by atoms with van der Waals surface area (Å²) in [5, 5.41) is 14.9. The Morgan fingerprint density at radius 2 is 1.97 bits per heavy atom. The summed E-state index contributed by atoms with van der Waals surface area (Å²) >= 11 is 12.6. The Morgan fingerprint density at radius 1 is 1.18 bits per heavy atom. The highest BCUT2D eigenvalue weighted by Gasteiger charge is 2.20. The van der Waals surface area contributed by atoms with E-state index in [1.165, 1.54) is 18.3 Å². The van der Waals surface area contributed by atoms with E-state index in [1.807, 2.05) is 6.07 Å². The molecule has 1 fully saturated rings. The number of benzene rings is 1. The number of anilines is 1. The minimum atomic E-state index is -0.554. The zero-order valence-corrected chi connectivity index (χ0v) is 19.1. The Hall–Kier alpha value is -2.85. The molecule has 1 aliphatic rings. The maximum absolute atomic E-state index is 10.8. The van der Waals surface area contributed by atoms with Crippen molar-refractivity contribution >= 4 is 34.7 Å². The second-order valence-electron chi connectivity index (χ2n) is 7.47. The summed E-state index contributed by atoms with van der Waals surface area (Å²) in [4.78, 5) is 26.0. The summed E-state index contributed by atoms with van der Waals surface area (Å²) in [6.45, 7) is 7.74. The first-order chi connectivity index (χ1) is 15.9. The first-order valence-electron chi connectivity index (χ1n) is 10.2. The van der Waals surface area contributed by atoms with Crippen molar-refractivity contribution in [1.29, 1.82) is 0 Å². The van der Waals surface area contributed by atoms with Crippen molar-refractivity contribution in [2.24, 2.45) is 0 Å². The van der Waals surface area contributed by atoms with E-state index in [1.54, 1.807) is 18.3 Å². The number of morpholine rings is 1. The molecule has 1 aromatic carbocycles. The molecular weight excluding hydrogens is 467 g/mol. The van der Waals surface area contributed by atoms with Gasteiger partial charge in [0.2, 0.25) is 0 Å². The van der Waals surface area contributed by atoms with Crippen molar-refractivity contribution in [3.05, 3.63) is 81.2 Å².